The minimum atomic E-state index is -0.142. The number of nitrogens with zero attached hydrogens (tertiary/aromatic N) is 5. The first-order valence-electron chi connectivity index (χ1n) is 19.1. The van der Waals surface area contributed by atoms with Crippen molar-refractivity contribution in [2.75, 3.05) is 9.62 Å². The van der Waals surface area contributed by atoms with E-state index < -0.39 is 0 Å². The van der Waals surface area contributed by atoms with Crippen molar-refractivity contribution < 1.29 is 0 Å². The van der Waals surface area contributed by atoms with E-state index in [-0.39, 0.29) is 6.98 Å². The summed E-state index contributed by atoms with van der Waals surface area (Å²) in [4.78, 5) is 15.6. The average Bonchev–Trinajstić information content (AvgIpc) is 3.60. The molecule has 0 saturated heterocycles. The van der Waals surface area contributed by atoms with Gasteiger partial charge in [0.2, 0.25) is 5.95 Å². The van der Waals surface area contributed by atoms with E-state index in [1.807, 2.05) is 6.07 Å². The SMILES string of the molecule is c1ccc(-c2nc(-n3c4ccccc4c4cc(N5B6c7c(cccc7-c7ccccc75)-c5ccccc5N6c5ccccc5)ccc43)nc3ccccc23)cc1. The molecule has 0 amide bonds. The van der Waals surface area contributed by atoms with E-state index in [9.17, 15) is 0 Å². The van der Waals surface area contributed by atoms with Gasteiger partial charge in [-0.3, -0.25) is 4.57 Å². The van der Waals surface area contributed by atoms with Crippen LogP contribution in [-0.4, -0.2) is 21.5 Å². The van der Waals surface area contributed by atoms with Crippen LogP contribution in [0, 0.1) is 0 Å². The quantitative estimate of drug-likeness (QED) is 0.170. The van der Waals surface area contributed by atoms with Gasteiger partial charge in [0.05, 0.1) is 22.2 Å². The standard InChI is InChI=1S/C50H32BN5/c1-3-16-33(17-4-1)49-41-23-7-11-26-43(41)52-50(53-49)54-44-27-12-8-22-38(44)42-32-35(30-31-45(42)54)56-47-29-14-10-21-37(47)40-25-15-24-39-36-20-9-13-28-46(36)55(51(56)48(39)40)34-18-5-2-6-19-34/h1-32H. The Kier molecular flexibility index (Phi) is 6.66. The minimum Gasteiger partial charge on any atom is -0.361 e. The van der Waals surface area contributed by atoms with Crippen molar-refractivity contribution in [3.8, 4) is 39.5 Å². The monoisotopic (exact) mass is 713 g/mol. The van der Waals surface area contributed by atoms with Crippen molar-refractivity contribution in [2.45, 2.75) is 0 Å². The molecule has 8 aromatic carbocycles. The van der Waals surface area contributed by atoms with E-state index in [1.54, 1.807) is 0 Å². The number of fused-ring (bicyclic) bond motifs is 8. The van der Waals surface area contributed by atoms with Gasteiger partial charge in [-0.05, 0) is 71.2 Å². The first kappa shape index (κ1) is 31.0. The van der Waals surface area contributed by atoms with Crippen LogP contribution >= 0.6 is 0 Å². The molecule has 6 heteroatoms. The molecule has 0 aliphatic carbocycles. The summed E-state index contributed by atoms with van der Waals surface area (Å²) in [6, 6.07) is 69.6. The molecule has 4 heterocycles. The predicted molar refractivity (Wildman–Crippen MR) is 233 cm³/mol. The lowest BCUT2D eigenvalue weighted by atomic mass is 9.53. The third-order valence-electron chi connectivity index (χ3n) is 11.6. The summed E-state index contributed by atoms with van der Waals surface area (Å²) in [6.07, 6.45) is 0. The van der Waals surface area contributed by atoms with Gasteiger partial charge < -0.3 is 9.62 Å². The van der Waals surface area contributed by atoms with Gasteiger partial charge in [-0.15, -0.1) is 0 Å². The zero-order valence-corrected chi connectivity index (χ0v) is 30.3. The largest absolute Gasteiger partial charge is 0.421 e. The minimum absolute atomic E-state index is 0.142. The molecular formula is C50H32BN5. The molecule has 0 N–H and O–H groups in total. The molecule has 56 heavy (non-hydrogen) atoms. The Morgan fingerprint density at radius 1 is 0.393 bits per heavy atom. The number of hydrogen-bond acceptors (Lipinski definition) is 4. The summed E-state index contributed by atoms with van der Waals surface area (Å²) < 4.78 is 2.23. The van der Waals surface area contributed by atoms with Gasteiger partial charge in [-0.2, -0.15) is 0 Å². The molecule has 0 radical (unpaired) electrons. The van der Waals surface area contributed by atoms with Crippen molar-refractivity contribution in [3.05, 3.63) is 194 Å². The Morgan fingerprint density at radius 2 is 0.964 bits per heavy atom. The number of rotatable bonds is 4. The van der Waals surface area contributed by atoms with Crippen molar-refractivity contribution in [2.24, 2.45) is 0 Å². The van der Waals surface area contributed by atoms with Gasteiger partial charge in [0.1, 0.15) is 0 Å². The van der Waals surface area contributed by atoms with E-state index in [0.29, 0.717) is 5.95 Å². The topological polar surface area (TPSA) is 37.2 Å². The smallest absolute Gasteiger partial charge is 0.361 e. The fraction of sp³-hybridized carbons (Fsp3) is 0. The van der Waals surface area contributed by atoms with Gasteiger partial charge in [-0.25, -0.2) is 9.97 Å². The van der Waals surface area contributed by atoms with Gasteiger partial charge >= 0.3 is 6.98 Å². The molecule has 2 aliphatic rings. The number of benzene rings is 8. The van der Waals surface area contributed by atoms with E-state index in [4.69, 9.17) is 9.97 Å². The van der Waals surface area contributed by atoms with Crippen molar-refractivity contribution in [1.29, 1.82) is 0 Å². The molecule has 12 rings (SSSR count). The zero-order valence-electron chi connectivity index (χ0n) is 30.3. The fourth-order valence-corrected chi connectivity index (χ4v) is 9.23. The zero-order chi connectivity index (χ0) is 36.7. The molecule has 5 nitrogen and oxygen atoms in total. The number of aromatic nitrogens is 3. The maximum absolute atomic E-state index is 5.32. The normalized spacial score (nSPS) is 12.9. The molecular weight excluding hydrogens is 681 g/mol. The average molecular weight is 714 g/mol. The van der Waals surface area contributed by atoms with Crippen LogP contribution in [0.3, 0.4) is 0 Å². The van der Waals surface area contributed by atoms with Crippen molar-refractivity contribution in [1.82, 2.24) is 14.5 Å². The van der Waals surface area contributed by atoms with E-state index in [1.165, 1.54) is 39.1 Å². The Balaban J connectivity index is 1.12. The van der Waals surface area contributed by atoms with Gasteiger partial charge in [-0.1, -0.05) is 140 Å². The second kappa shape index (κ2) is 12.0. The van der Waals surface area contributed by atoms with Crippen LogP contribution in [0.25, 0.3) is 72.2 Å². The van der Waals surface area contributed by atoms with Gasteiger partial charge in [0, 0.05) is 55.6 Å². The molecule has 0 atom stereocenters. The maximum Gasteiger partial charge on any atom is 0.421 e. The highest BCUT2D eigenvalue weighted by Crippen LogP contribution is 2.49. The lowest BCUT2D eigenvalue weighted by molar-refractivity contribution is 1.01. The lowest BCUT2D eigenvalue weighted by Gasteiger charge is -2.47. The number of hydrogen-bond donors (Lipinski definition) is 0. The molecule has 0 fully saturated rings. The molecule has 0 saturated carbocycles. The lowest BCUT2D eigenvalue weighted by Crippen LogP contribution is -2.61. The van der Waals surface area contributed by atoms with Gasteiger partial charge in [0.25, 0.3) is 0 Å². The highest BCUT2D eigenvalue weighted by molar-refractivity contribution is 6.86. The fourth-order valence-electron chi connectivity index (χ4n) is 9.23. The first-order chi connectivity index (χ1) is 27.8. The van der Waals surface area contributed by atoms with E-state index >= 15 is 0 Å². The Morgan fingerprint density at radius 3 is 1.71 bits per heavy atom. The number of anilines is 4. The second-order valence-electron chi connectivity index (χ2n) is 14.6. The molecule has 0 unspecified atom stereocenters. The van der Waals surface area contributed by atoms with Crippen LogP contribution in [0.2, 0.25) is 0 Å². The molecule has 0 bridgehead atoms. The van der Waals surface area contributed by atoms with Crippen LogP contribution in [0.15, 0.2) is 194 Å². The summed E-state index contributed by atoms with van der Waals surface area (Å²) in [5.41, 5.74) is 16.0. The molecule has 2 aliphatic heterocycles. The van der Waals surface area contributed by atoms with E-state index in [2.05, 4.69) is 202 Å². The summed E-state index contributed by atoms with van der Waals surface area (Å²) in [6.45, 7) is -0.142. The maximum atomic E-state index is 5.32. The summed E-state index contributed by atoms with van der Waals surface area (Å²) in [7, 11) is 0. The first-order valence-corrected chi connectivity index (χ1v) is 19.1. The third kappa shape index (κ3) is 4.44. The Bertz CT molecular complexity index is 3160. The Hall–Kier alpha value is -7.44. The van der Waals surface area contributed by atoms with Crippen LogP contribution < -0.4 is 15.1 Å². The highest BCUT2D eigenvalue weighted by Gasteiger charge is 2.46. The number of para-hydroxylation sites is 5. The van der Waals surface area contributed by atoms with Crippen LogP contribution in [0.1, 0.15) is 0 Å². The predicted octanol–water partition coefficient (Wildman–Crippen LogP) is 11.7. The van der Waals surface area contributed by atoms with Crippen molar-refractivity contribution in [3.63, 3.8) is 0 Å². The molecule has 260 valence electrons. The van der Waals surface area contributed by atoms with E-state index in [0.717, 1.165) is 55.3 Å². The Labute approximate surface area is 324 Å². The second-order valence-corrected chi connectivity index (χ2v) is 14.6. The van der Waals surface area contributed by atoms with Crippen molar-refractivity contribution >= 4 is 67.9 Å². The summed E-state index contributed by atoms with van der Waals surface area (Å²) in [5, 5.41) is 3.34. The third-order valence-corrected chi connectivity index (χ3v) is 11.6. The van der Waals surface area contributed by atoms with Crippen LogP contribution in [0.4, 0.5) is 22.7 Å². The summed E-state index contributed by atoms with van der Waals surface area (Å²) in [5.74, 6) is 0.655. The highest BCUT2D eigenvalue weighted by atomic mass is 15.2. The molecule has 0 spiro atoms. The molecule has 10 aromatic rings. The van der Waals surface area contributed by atoms with Gasteiger partial charge in [0.15, 0.2) is 0 Å². The van der Waals surface area contributed by atoms with Crippen LogP contribution in [0.5, 0.6) is 0 Å². The summed E-state index contributed by atoms with van der Waals surface area (Å²) >= 11 is 0. The van der Waals surface area contributed by atoms with Crippen LogP contribution in [-0.2, 0) is 0 Å². The molecule has 2 aromatic heterocycles.